The van der Waals surface area contributed by atoms with Crippen molar-refractivity contribution in [3.63, 3.8) is 0 Å². The first kappa shape index (κ1) is 23.7. The molecule has 2 aromatic carbocycles. The molecule has 8 nitrogen and oxygen atoms in total. The van der Waals surface area contributed by atoms with Crippen LogP contribution in [0.4, 0.5) is 4.39 Å². The van der Waals surface area contributed by atoms with Crippen LogP contribution in [0.15, 0.2) is 47.3 Å². The molecule has 4 rings (SSSR count). The maximum absolute atomic E-state index is 13.3. The Morgan fingerprint density at radius 3 is 2.59 bits per heavy atom. The van der Waals surface area contributed by atoms with Crippen LogP contribution in [0.1, 0.15) is 47.5 Å². The predicted octanol–water partition coefficient (Wildman–Crippen LogP) is 3.26. The number of aliphatic hydroxyl groups is 1. The molecule has 34 heavy (non-hydrogen) atoms. The molecule has 0 aliphatic carbocycles. The van der Waals surface area contributed by atoms with Gasteiger partial charge in [-0.2, -0.15) is 0 Å². The first-order valence-electron chi connectivity index (χ1n) is 11.4. The van der Waals surface area contributed by atoms with Crippen LogP contribution in [0.25, 0.3) is 10.9 Å². The summed E-state index contributed by atoms with van der Waals surface area (Å²) < 4.78 is 15.0. The minimum atomic E-state index is -0.299. The Labute approximate surface area is 197 Å². The van der Waals surface area contributed by atoms with Gasteiger partial charge in [0.15, 0.2) is 5.82 Å². The molecular formula is C25H29FN6O2. The molecule has 0 amide bonds. The number of tetrazole rings is 1. The number of nitrogens with zero attached hydrogens (tertiary/aromatic N) is 5. The predicted molar refractivity (Wildman–Crippen MR) is 128 cm³/mol. The van der Waals surface area contributed by atoms with E-state index in [1.807, 2.05) is 37.8 Å². The quantitative estimate of drug-likeness (QED) is 0.394. The third kappa shape index (κ3) is 5.05. The van der Waals surface area contributed by atoms with Gasteiger partial charge in [-0.3, -0.25) is 9.69 Å². The minimum Gasteiger partial charge on any atom is -0.395 e. The van der Waals surface area contributed by atoms with Crippen molar-refractivity contribution in [3.8, 4) is 0 Å². The topological polar surface area (TPSA) is 99.9 Å². The molecule has 0 aliphatic rings. The van der Waals surface area contributed by atoms with Crippen molar-refractivity contribution in [2.45, 2.75) is 46.3 Å². The number of aromatic amines is 1. The van der Waals surface area contributed by atoms with Gasteiger partial charge in [-0.1, -0.05) is 19.1 Å². The zero-order chi connectivity index (χ0) is 24.2. The normalized spacial score (nSPS) is 12.5. The zero-order valence-corrected chi connectivity index (χ0v) is 19.6. The molecule has 0 spiro atoms. The summed E-state index contributed by atoms with van der Waals surface area (Å²) in [5.74, 6) is 0.330. The van der Waals surface area contributed by atoms with Crippen molar-refractivity contribution in [2.24, 2.45) is 0 Å². The van der Waals surface area contributed by atoms with E-state index in [0.29, 0.717) is 37.4 Å². The van der Waals surface area contributed by atoms with Crippen LogP contribution in [0.3, 0.4) is 0 Å². The summed E-state index contributed by atoms with van der Waals surface area (Å²) in [7, 11) is 0. The van der Waals surface area contributed by atoms with E-state index < -0.39 is 0 Å². The summed E-state index contributed by atoms with van der Waals surface area (Å²) in [6.07, 6.45) is 0.674. The number of H-pyrrole nitrogens is 1. The summed E-state index contributed by atoms with van der Waals surface area (Å²) in [6.45, 7) is 7.09. The van der Waals surface area contributed by atoms with Crippen LogP contribution in [0, 0.1) is 19.7 Å². The van der Waals surface area contributed by atoms with Crippen LogP contribution in [-0.4, -0.2) is 48.3 Å². The molecule has 9 heteroatoms. The monoisotopic (exact) mass is 464 g/mol. The fraction of sp³-hybridized carbons (Fsp3) is 0.360. The minimum absolute atomic E-state index is 0.0696. The molecule has 2 aromatic heterocycles. The summed E-state index contributed by atoms with van der Waals surface area (Å²) in [6, 6.07) is 12.0. The van der Waals surface area contributed by atoms with Crippen molar-refractivity contribution in [1.29, 1.82) is 0 Å². The number of hydrogen-bond acceptors (Lipinski definition) is 6. The molecule has 0 saturated heterocycles. The van der Waals surface area contributed by atoms with Gasteiger partial charge >= 0.3 is 0 Å². The molecule has 0 bridgehead atoms. The number of hydrogen-bond donors (Lipinski definition) is 2. The highest BCUT2D eigenvalue weighted by Crippen LogP contribution is 2.25. The third-order valence-electron chi connectivity index (χ3n) is 6.23. The summed E-state index contributed by atoms with van der Waals surface area (Å²) in [5.41, 5.74) is 4.41. The van der Waals surface area contributed by atoms with Gasteiger partial charge in [-0.15, -0.1) is 5.10 Å². The summed E-state index contributed by atoms with van der Waals surface area (Å²) in [5, 5.41) is 23.0. The van der Waals surface area contributed by atoms with Crippen molar-refractivity contribution in [2.75, 3.05) is 13.2 Å². The molecule has 0 saturated carbocycles. The van der Waals surface area contributed by atoms with Gasteiger partial charge in [0.1, 0.15) is 5.82 Å². The second kappa shape index (κ2) is 10.2. The van der Waals surface area contributed by atoms with Crippen LogP contribution in [0.5, 0.6) is 0 Å². The number of nitrogens with one attached hydrogen (secondary N) is 1. The van der Waals surface area contributed by atoms with Gasteiger partial charge in [0.25, 0.3) is 5.56 Å². The Morgan fingerprint density at radius 1 is 1.15 bits per heavy atom. The smallest absolute Gasteiger partial charge is 0.252 e. The number of benzene rings is 2. The van der Waals surface area contributed by atoms with Gasteiger partial charge in [-0.25, -0.2) is 9.07 Å². The summed E-state index contributed by atoms with van der Waals surface area (Å²) >= 11 is 0. The van der Waals surface area contributed by atoms with E-state index >= 15 is 0 Å². The second-order valence-electron chi connectivity index (χ2n) is 8.59. The fourth-order valence-corrected chi connectivity index (χ4v) is 4.26. The average Bonchev–Trinajstić information content (AvgIpc) is 3.25. The number of fused-ring (bicyclic) bond motifs is 1. The van der Waals surface area contributed by atoms with Crippen molar-refractivity contribution >= 4 is 10.9 Å². The largest absolute Gasteiger partial charge is 0.395 e. The maximum Gasteiger partial charge on any atom is 0.252 e. The van der Waals surface area contributed by atoms with Crippen LogP contribution >= 0.6 is 0 Å². The molecule has 2 heterocycles. The van der Waals surface area contributed by atoms with Gasteiger partial charge in [0.05, 0.1) is 19.2 Å². The third-order valence-corrected chi connectivity index (χ3v) is 6.23. The molecule has 178 valence electrons. The summed E-state index contributed by atoms with van der Waals surface area (Å²) in [4.78, 5) is 17.9. The van der Waals surface area contributed by atoms with E-state index in [-0.39, 0.29) is 24.0 Å². The van der Waals surface area contributed by atoms with Crippen LogP contribution in [-0.2, 0) is 13.1 Å². The van der Waals surface area contributed by atoms with E-state index in [4.69, 9.17) is 0 Å². The Hall–Kier alpha value is -3.43. The first-order chi connectivity index (χ1) is 16.4. The average molecular weight is 465 g/mol. The number of aryl methyl sites for hydroxylation is 2. The highest BCUT2D eigenvalue weighted by molar-refractivity contribution is 5.80. The van der Waals surface area contributed by atoms with Crippen molar-refractivity contribution < 1.29 is 9.50 Å². The molecule has 0 aliphatic heterocycles. The molecular weight excluding hydrogens is 435 g/mol. The van der Waals surface area contributed by atoms with Gasteiger partial charge in [0.2, 0.25) is 0 Å². The molecule has 0 fully saturated rings. The molecule has 4 aromatic rings. The molecule has 0 radical (unpaired) electrons. The number of aromatic nitrogens is 5. The SMILES string of the molecule is CCC(c1nnnn1Cc1ccc(F)cc1)N(CCO)Cc1cc2cc(C)c(C)cc2[nH]c1=O. The molecule has 1 unspecified atom stereocenters. The molecule has 1 atom stereocenters. The Bertz CT molecular complexity index is 1330. The van der Waals surface area contributed by atoms with E-state index in [2.05, 4.69) is 26.6 Å². The maximum atomic E-state index is 13.3. The van der Waals surface area contributed by atoms with Gasteiger partial charge in [-0.05, 0) is 83.1 Å². The Morgan fingerprint density at radius 2 is 1.88 bits per heavy atom. The number of aliphatic hydroxyl groups excluding tert-OH is 1. The fourth-order valence-electron chi connectivity index (χ4n) is 4.26. The standard InChI is InChI=1S/C25H29FN6O2/c1-4-23(24-28-29-30-32(24)14-18-5-7-21(26)8-6-18)31(9-10-33)15-20-13-19-11-16(2)17(3)12-22(19)27-25(20)34/h5-8,11-13,23,33H,4,9-10,14-15H2,1-3H3,(H,27,34). The number of pyridine rings is 1. The number of halogens is 1. The van der Waals surface area contributed by atoms with Gasteiger partial charge in [0, 0.05) is 24.2 Å². The van der Waals surface area contributed by atoms with E-state index in [1.165, 1.54) is 12.1 Å². The van der Waals surface area contributed by atoms with Crippen LogP contribution in [0.2, 0.25) is 0 Å². The zero-order valence-electron chi connectivity index (χ0n) is 19.6. The van der Waals surface area contributed by atoms with Crippen molar-refractivity contribution in [1.82, 2.24) is 30.1 Å². The number of rotatable bonds is 9. The molecule has 2 N–H and O–H groups in total. The highest BCUT2D eigenvalue weighted by atomic mass is 19.1. The lowest BCUT2D eigenvalue weighted by atomic mass is 10.0. The van der Waals surface area contributed by atoms with E-state index in [9.17, 15) is 14.3 Å². The van der Waals surface area contributed by atoms with Crippen molar-refractivity contribution in [3.05, 3.63) is 86.7 Å². The first-order valence-corrected chi connectivity index (χ1v) is 11.4. The Kier molecular flexibility index (Phi) is 7.14. The second-order valence-corrected chi connectivity index (χ2v) is 8.59. The Balaban J connectivity index is 1.65. The van der Waals surface area contributed by atoms with E-state index in [0.717, 1.165) is 27.6 Å². The lowest BCUT2D eigenvalue weighted by Gasteiger charge is -2.29. The highest BCUT2D eigenvalue weighted by Gasteiger charge is 2.25. The van der Waals surface area contributed by atoms with Crippen LogP contribution < -0.4 is 5.56 Å². The lowest BCUT2D eigenvalue weighted by Crippen LogP contribution is -2.34. The van der Waals surface area contributed by atoms with E-state index in [1.54, 1.807) is 16.8 Å². The lowest BCUT2D eigenvalue weighted by molar-refractivity contribution is 0.131. The van der Waals surface area contributed by atoms with Gasteiger partial charge < -0.3 is 10.1 Å².